The summed E-state index contributed by atoms with van der Waals surface area (Å²) < 4.78 is 5.48. The van der Waals surface area contributed by atoms with Crippen molar-refractivity contribution in [3.8, 4) is 0 Å². The second kappa shape index (κ2) is 11.8. The maximum Gasteiger partial charge on any atom is 0.191 e. The molecule has 2 aliphatic rings. The number of nitrogens with one attached hydrogen (secondary N) is 2. The Kier molecular flexibility index (Phi) is 9.82. The summed E-state index contributed by atoms with van der Waals surface area (Å²) in [5, 5.41) is 6.89. The van der Waals surface area contributed by atoms with E-state index in [1.54, 1.807) is 0 Å². The summed E-state index contributed by atoms with van der Waals surface area (Å²) in [6.45, 7) is 19.1. The second-order valence-electron chi connectivity index (χ2n) is 8.39. The van der Waals surface area contributed by atoms with Gasteiger partial charge in [-0.1, -0.05) is 0 Å². The number of likely N-dealkylation sites (N-methyl/N-ethyl adjacent to an activating group) is 1. The number of ether oxygens (including phenoxy) is 1. The van der Waals surface area contributed by atoms with Crippen LogP contribution in [-0.4, -0.2) is 112 Å². The Balaban J connectivity index is 1.66. The summed E-state index contributed by atoms with van der Waals surface area (Å²) in [7, 11) is 2.21. The van der Waals surface area contributed by atoms with Gasteiger partial charge in [-0.05, 0) is 47.2 Å². The molecule has 2 saturated heterocycles. The van der Waals surface area contributed by atoms with Crippen LogP contribution < -0.4 is 10.6 Å². The van der Waals surface area contributed by atoms with Gasteiger partial charge in [0.1, 0.15) is 0 Å². The highest BCUT2D eigenvalue weighted by Gasteiger charge is 2.28. The quantitative estimate of drug-likeness (QED) is 0.347. The van der Waals surface area contributed by atoms with Gasteiger partial charge < -0.3 is 25.2 Å². The lowest BCUT2D eigenvalue weighted by atomic mass is 10.0. The molecule has 0 spiro atoms. The van der Waals surface area contributed by atoms with E-state index in [-0.39, 0.29) is 5.54 Å². The van der Waals surface area contributed by atoms with E-state index in [0.29, 0.717) is 0 Å². The maximum absolute atomic E-state index is 5.48. The van der Waals surface area contributed by atoms with Crippen molar-refractivity contribution in [2.75, 3.05) is 85.7 Å². The molecule has 0 amide bonds. The summed E-state index contributed by atoms with van der Waals surface area (Å²) in [4.78, 5) is 12.3. The Labute approximate surface area is 166 Å². The minimum Gasteiger partial charge on any atom is -0.379 e. The van der Waals surface area contributed by atoms with Crippen LogP contribution in [0.5, 0.6) is 0 Å². The van der Waals surface area contributed by atoms with Crippen LogP contribution in [0.4, 0.5) is 0 Å². The van der Waals surface area contributed by atoms with Crippen molar-refractivity contribution in [3.63, 3.8) is 0 Å². The number of guanidine groups is 1. The van der Waals surface area contributed by atoms with Crippen LogP contribution in [0.25, 0.3) is 0 Å². The predicted molar refractivity (Wildman–Crippen MR) is 114 cm³/mol. The standard InChI is InChI=1S/C20H42N6O/c1-5-21-19(23-18-20(2,3)26-14-16-27-17-15-26)22-8-6-7-9-25-12-10-24(4)11-13-25/h5-18H2,1-4H3,(H2,21,22,23). The van der Waals surface area contributed by atoms with Crippen LogP contribution in [0.2, 0.25) is 0 Å². The fourth-order valence-corrected chi connectivity index (χ4v) is 3.62. The van der Waals surface area contributed by atoms with Crippen molar-refractivity contribution in [2.45, 2.75) is 39.2 Å². The first kappa shape index (κ1) is 22.4. The summed E-state index contributed by atoms with van der Waals surface area (Å²) >= 11 is 0. The second-order valence-corrected chi connectivity index (χ2v) is 8.39. The van der Waals surface area contributed by atoms with Crippen molar-refractivity contribution in [3.05, 3.63) is 0 Å². The third-order valence-corrected chi connectivity index (χ3v) is 5.62. The summed E-state index contributed by atoms with van der Waals surface area (Å²) in [6.07, 6.45) is 2.43. The van der Waals surface area contributed by atoms with Crippen molar-refractivity contribution in [1.82, 2.24) is 25.3 Å². The number of nitrogens with zero attached hydrogens (tertiary/aromatic N) is 4. The van der Waals surface area contributed by atoms with Crippen LogP contribution in [0.3, 0.4) is 0 Å². The van der Waals surface area contributed by atoms with E-state index in [4.69, 9.17) is 9.73 Å². The number of morpholine rings is 1. The zero-order valence-corrected chi connectivity index (χ0v) is 18.1. The average Bonchev–Trinajstić information content (AvgIpc) is 2.68. The van der Waals surface area contributed by atoms with Crippen molar-refractivity contribution in [1.29, 1.82) is 0 Å². The van der Waals surface area contributed by atoms with Gasteiger partial charge in [0.05, 0.1) is 19.8 Å². The minimum absolute atomic E-state index is 0.0630. The summed E-state index contributed by atoms with van der Waals surface area (Å²) in [6, 6.07) is 0. The summed E-state index contributed by atoms with van der Waals surface area (Å²) in [5.74, 6) is 0.943. The molecule has 0 aromatic heterocycles. The van der Waals surface area contributed by atoms with Gasteiger partial charge in [-0.15, -0.1) is 0 Å². The molecule has 158 valence electrons. The van der Waals surface area contributed by atoms with E-state index < -0.39 is 0 Å². The van der Waals surface area contributed by atoms with Crippen LogP contribution in [0, 0.1) is 0 Å². The van der Waals surface area contributed by atoms with Crippen LogP contribution >= 0.6 is 0 Å². The number of unbranched alkanes of at least 4 members (excludes halogenated alkanes) is 1. The van der Waals surface area contributed by atoms with E-state index in [2.05, 4.69) is 53.2 Å². The number of rotatable bonds is 9. The lowest BCUT2D eigenvalue weighted by Gasteiger charge is -2.39. The largest absolute Gasteiger partial charge is 0.379 e. The molecule has 0 aliphatic carbocycles. The van der Waals surface area contributed by atoms with Gasteiger partial charge in [0.25, 0.3) is 0 Å². The topological polar surface area (TPSA) is 55.4 Å². The Hall–Kier alpha value is -0.890. The molecule has 0 atom stereocenters. The Morgan fingerprint density at radius 3 is 2.37 bits per heavy atom. The van der Waals surface area contributed by atoms with E-state index in [1.165, 1.54) is 45.6 Å². The zero-order chi connectivity index (χ0) is 19.5. The first-order valence-electron chi connectivity index (χ1n) is 10.8. The molecule has 0 bridgehead atoms. The van der Waals surface area contributed by atoms with Gasteiger partial charge in [0, 0.05) is 57.9 Å². The van der Waals surface area contributed by atoms with Crippen LogP contribution in [-0.2, 0) is 4.74 Å². The number of hydrogen-bond donors (Lipinski definition) is 2. The van der Waals surface area contributed by atoms with Gasteiger partial charge in [-0.25, -0.2) is 0 Å². The lowest BCUT2D eigenvalue weighted by Crippen LogP contribution is -2.52. The highest BCUT2D eigenvalue weighted by Crippen LogP contribution is 2.16. The molecule has 0 aromatic carbocycles. The Morgan fingerprint density at radius 1 is 1.00 bits per heavy atom. The lowest BCUT2D eigenvalue weighted by molar-refractivity contribution is -0.00683. The van der Waals surface area contributed by atoms with Crippen molar-refractivity contribution >= 4 is 5.96 Å². The monoisotopic (exact) mass is 382 g/mol. The normalized spacial score (nSPS) is 21.4. The molecule has 2 fully saturated rings. The van der Waals surface area contributed by atoms with Gasteiger partial charge in [0.2, 0.25) is 0 Å². The molecule has 27 heavy (non-hydrogen) atoms. The zero-order valence-electron chi connectivity index (χ0n) is 18.1. The van der Waals surface area contributed by atoms with E-state index in [0.717, 1.165) is 51.9 Å². The van der Waals surface area contributed by atoms with Crippen molar-refractivity contribution in [2.24, 2.45) is 4.99 Å². The number of aliphatic imine (C=N–C) groups is 1. The minimum atomic E-state index is 0.0630. The van der Waals surface area contributed by atoms with Crippen LogP contribution in [0.1, 0.15) is 33.6 Å². The first-order chi connectivity index (χ1) is 13.0. The molecular weight excluding hydrogens is 340 g/mol. The molecule has 0 saturated carbocycles. The fraction of sp³-hybridized carbons (Fsp3) is 0.950. The predicted octanol–water partition coefficient (Wildman–Crippen LogP) is 0.680. The van der Waals surface area contributed by atoms with E-state index in [9.17, 15) is 0 Å². The van der Waals surface area contributed by atoms with Gasteiger partial charge in [-0.2, -0.15) is 0 Å². The number of piperazine rings is 1. The smallest absolute Gasteiger partial charge is 0.191 e. The molecule has 0 aromatic rings. The maximum atomic E-state index is 5.48. The molecule has 2 N–H and O–H groups in total. The third kappa shape index (κ3) is 8.34. The molecular formula is C20H42N6O. The SMILES string of the molecule is CCNC(=NCC(C)(C)N1CCOCC1)NCCCCN1CCN(C)CC1. The fourth-order valence-electron chi connectivity index (χ4n) is 3.62. The molecule has 2 heterocycles. The number of hydrogen-bond acceptors (Lipinski definition) is 5. The highest BCUT2D eigenvalue weighted by molar-refractivity contribution is 5.79. The van der Waals surface area contributed by atoms with Crippen LogP contribution in [0.15, 0.2) is 4.99 Å². The highest BCUT2D eigenvalue weighted by atomic mass is 16.5. The van der Waals surface area contributed by atoms with Gasteiger partial charge >= 0.3 is 0 Å². The molecule has 2 aliphatic heterocycles. The molecule has 0 radical (unpaired) electrons. The Morgan fingerprint density at radius 2 is 1.70 bits per heavy atom. The Bertz CT molecular complexity index is 428. The van der Waals surface area contributed by atoms with E-state index >= 15 is 0 Å². The van der Waals surface area contributed by atoms with Gasteiger partial charge in [0.15, 0.2) is 5.96 Å². The molecule has 2 rings (SSSR count). The molecule has 7 heteroatoms. The molecule has 7 nitrogen and oxygen atoms in total. The summed E-state index contributed by atoms with van der Waals surface area (Å²) in [5.41, 5.74) is 0.0630. The van der Waals surface area contributed by atoms with Gasteiger partial charge in [-0.3, -0.25) is 9.89 Å². The first-order valence-corrected chi connectivity index (χ1v) is 10.8. The van der Waals surface area contributed by atoms with Crippen molar-refractivity contribution < 1.29 is 4.74 Å². The van der Waals surface area contributed by atoms with E-state index in [1.807, 2.05) is 0 Å². The third-order valence-electron chi connectivity index (χ3n) is 5.62. The molecule has 0 unspecified atom stereocenters. The average molecular weight is 383 g/mol.